The van der Waals surface area contributed by atoms with Crippen LogP contribution in [0.5, 0.6) is 0 Å². The Morgan fingerprint density at radius 2 is 1.83 bits per heavy atom. The third kappa shape index (κ3) is 2.84. The number of halogens is 1. The van der Waals surface area contributed by atoms with Crippen molar-refractivity contribution >= 4 is 51.2 Å². The first kappa shape index (κ1) is 19.5. The third-order valence-electron chi connectivity index (χ3n) is 6.39. The maximum atomic E-state index is 5.99. The molecule has 150 valence electrons. The number of rotatable bonds is 3. The van der Waals surface area contributed by atoms with Crippen molar-refractivity contribution in [1.29, 1.82) is 0 Å². The Morgan fingerprint density at radius 1 is 1.07 bits per heavy atom. The van der Waals surface area contributed by atoms with E-state index in [0.717, 1.165) is 6.42 Å². The van der Waals surface area contributed by atoms with Gasteiger partial charge in [0.15, 0.2) is 5.71 Å². The molecule has 30 heavy (non-hydrogen) atoms. The number of hydrogen-bond donors (Lipinski definition) is 0. The topological polar surface area (TPSA) is 6.25 Å². The normalized spacial score (nSPS) is 21.9. The summed E-state index contributed by atoms with van der Waals surface area (Å²) in [6, 6.07) is 21.7. The number of para-hydroxylation sites is 1. The lowest BCUT2D eigenvalue weighted by Crippen LogP contribution is -2.31. The molecule has 5 rings (SSSR count). The summed E-state index contributed by atoms with van der Waals surface area (Å²) >= 11 is 7.83. The molecule has 0 bridgehead atoms. The molecule has 1 unspecified atom stereocenters. The molecule has 0 aromatic heterocycles. The Bertz CT molecular complexity index is 1260. The van der Waals surface area contributed by atoms with E-state index in [1.165, 1.54) is 43.3 Å². The lowest BCUT2D eigenvalue weighted by molar-refractivity contribution is -0.401. The van der Waals surface area contributed by atoms with Crippen molar-refractivity contribution in [1.82, 2.24) is 0 Å². The van der Waals surface area contributed by atoms with Gasteiger partial charge in [-0.05, 0) is 42.3 Å². The fourth-order valence-electron chi connectivity index (χ4n) is 4.85. The van der Waals surface area contributed by atoms with Crippen molar-refractivity contribution in [2.75, 3.05) is 19.0 Å². The molecular weight excluding hydrogens is 408 g/mol. The average Bonchev–Trinajstić information content (AvgIpc) is 3.20. The predicted octanol–water partition coefficient (Wildman–Crippen LogP) is 7.05. The molecule has 1 atom stereocenters. The van der Waals surface area contributed by atoms with E-state index < -0.39 is 0 Å². The van der Waals surface area contributed by atoms with E-state index in [1.54, 1.807) is 5.54 Å². The number of thioether (sulfide) groups is 1. The second kappa shape index (κ2) is 7.33. The van der Waals surface area contributed by atoms with Crippen LogP contribution in [0.3, 0.4) is 0 Å². The van der Waals surface area contributed by atoms with Crippen LogP contribution in [0.1, 0.15) is 18.9 Å². The van der Waals surface area contributed by atoms with E-state index in [2.05, 4.69) is 103 Å². The summed E-state index contributed by atoms with van der Waals surface area (Å²) in [5.41, 5.74) is 6.69. The van der Waals surface area contributed by atoms with Gasteiger partial charge in [-0.15, -0.1) is 0 Å². The summed E-state index contributed by atoms with van der Waals surface area (Å²) in [7, 11) is 4.33. The van der Waals surface area contributed by atoms with Crippen molar-refractivity contribution in [3.05, 3.63) is 88.9 Å². The van der Waals surface area contributed by atoms with Gasteiger partial charge in [0.05, 0.1) is 16.1 Å². The quantitative estimate of drug-likeness (QED) is 0.410. The van der Waals surface area contributed by atoms with Gasteiger partial charge in [0.1, 0.15) is 7.05 Å². The minimum absolute atomic E-state index is 0.167. The number of anilines is 1. The molecule has 3 aromatic carbocycles. The molecule has 0 radical (unpaired) electrons. The first-order valence-corrected chi connectivity index (χ1v) is 11.4. The van der Waals surface area contributed by atoms with Crippen molar-refractivity contribution < 1.29 is 4.58 Å². The molecule has 0 spiro atoms. The second-order valence-corrected chi connectivity index (χ2v) is 9.45. The van der Waals surface area contributed by atoms with Crippen molar-refractivity contribution in [2.45, 2.75) is 23.7 Å². The fraction of sp³-hybridized carbons (Fsp3) is 0.192. The van der Waals surface area contributed by atoms with Gasteiger partial charge in [-0.2, -0.15) is 4.58 Å². The van der Waals surface area contributed by atoms with Crippen molar-refractivity contribution in [3.8, 4) is 0 Å². The molecule has 4 heteroatoms. The number of fused-ring (bicyclic) bond motifs is 4. The summed E-state index contributed by atoms with van der Waals surface area (Å²) in [5.74, 6) is 0. The number of nitrogens with zero attached hydrogens (tertiary/aromatic N) is 2. The summed E-state index contributed by atoms with van der Waals surface area (Å²) in [6.45, 7) is 2.35. The molecule has 0 aliphatic carbocycles. The van der Waals surface area contributed by atoms with Gasteiger partial charge in [0, 0.05) is 35.2 Å². The molecule has 0 amide bonds. The van der Waals surface area contributed by atoms with Crippen LogP contribution in [0.2, 0.25) is 0 Å². The minimum atomic E-state index is -0.167. The highest BCUT2D eigenvalue weighted by atomic mass is 35.5. The monoisotopic (exact) mass is 431 g/mol. The van der Waals surface area contributed by atoms with Gasteiger partial charge in [0.25, 0.3) is 0 Å². The molecule has 0 saturated carbocycles. The Labute approximate surface area is 187 Å². The summed E-state index contributed by atoms with van der Waals surface area (Å²) < 4.78 is 2.36. The van der Waals surface area contributed by atoms with E-state index in [9.17, 15) is 0 Å². The van der Waals surface area contributed by atoms with Crippen LogP contribution in [0.15, 0.2) is 88.3 Å². The fourth-order valence-corrected chi connectivity index (χ4v) is 6.03. The summed E-state index contributed by atoms with van der Waals surface area (Å²) in [5, 5.41) is 3.84. The zero-order valence-corrected chi connectivity index (χ0v) is 19.0. The number of benzene rings is 3. The molecule has 3 aromatic rings. The predicted molar refractivity (Wildman–Crippen MR) is 131 cm³/mol. The third-order valence-corrected chi connectivity index (χ3v) is 7.74. The minimum Gasteiger partial charge on any atom is -0.338 e. The lowest BCUT2D eigenvalue weighted by Gasteiger charge is -2.23. The maximum Gasteiger partial charge on any atom is 0.210 e. The highest BCUT2D eigenvalue weighted by Gasteiger charge is 2.47. The molecule has 0 fully saturated rings. The summed E-state index contributed by atoms with van der Waals surface area (Å²) in [4.78, 5) is 3.59. The number of allylic oxidation sites excluding steroid dienone is 2. The molecule has 2 aliphatic heterocycles. The highest BCUT2D eigenvalue weighted by molar-refractivity contribution is 8.03. The van der Waals surface area contributed by atoms with E-state index in [1.807, 2.05) is 11.8 Å². The zero-order chi connectivity index (χ0) is 20.9. The van der Waals surface area contributed by atoms with Crippen LogP contribution in [0.25, 0.3) is 10.8 Å². The Kier molecular flexibility index (Phi) is 4.76. The molecule has 2 nitrogen and oxygen atoms in total. The van der Waals surface area contributed by atoms with Crippen LogP contribution in [0.4, 0.5) is 11.4 Å². The Morgan fingerprint density at radius 3 is 2.63 bits per heavy atom. The Hall–Kier alpha value is -2.49. The van der Waals surface area contributed by atoms with E-state index in [0.29, 0.717) is 0 Å². The van der Waals surface area contributed by atoms with Gasteiger partial charge < -0.3 is 4.90 Å². The van der Waals surface area contributed by atoms with Gasteiger partial charge >= 0.3 is 0 Å². The maximum absolute atomic E-state index is 5.99. The van der Waals surface area contributed by atoms with Crippen molar-refractivity contribution in [2.24, 2.45) is 0 Å². The van der Waals surface area contributed by atoms with Crippen LogP contribution < -0.4 is 4.90 Å². The van der Waals surface area contributed by atoms with E-state index in [-0.39, 0.29) is 5.41 Å². The largest absolute Gasteiger partial charge is 0.338 e. The second-order valence-electron chi connectivity index (χ2n) is 8.13. The molecular formula is C26H24ClN2S+. The first-order chi connectivity index (χ1) is 14.5. The first-order valence-electron chi connectivity index (χ1n) is 10.2. The van der Waals surface area contributed by atoms with Crippen LogP contribution >= 0.6 is 23.4 Å². The van der Waals surface area contributed by atoms with Crippen molar-refractivity contribution in [3.63, 3.8) is 0 Å². The van der Waals surface area contributed by atoms with Gasteiger partial charge in [-0.3, -0.25) is 0 Å². The standard InChI is InChI=1S/C26H24ClN2S/c1-26(15-8-16-27)23(17-24-29(3)20-11-6-7-12-22(20)30-24)28(2)21-14-13-18-9-4-5-10-19(18)25(21)26/h4-14,16-17H,15H2,1-3H3/q+1/b16-8+. The molecule has 2 aliphatic rings. The van der Waals surface area contributed by atoms with Gasteiger partial charge in [-0.25, -0.2) is 0 Å². The van der Waals surface area contributed by atoms with Crippen LogP contribution in [0, 0.1) is 0 Å². The van der Waals surface area contributed by atoms with E-state index >= 15 is 0 Å². The zero-order valence-electron chi connectivity index (χ0n) is 17.4. The number of hydrogen-bond acceptors (Lipinski definition) is 2. The van der Waals surface area contributed by atoms with Crippen LogP contribution in [-0.2, 0) is 5.41 Å². The van der Waals surface area contributed by atoms with Crippen LogP contribution in [-0.4, -0.2) is 24.4 Å². The van der Waals surface area contributed by atoms with Gasteiger partial charge in [0.2, 0.25) is 5.69 Å². The van der Waals surface area contributed by atoms with Gasteiger partial charge in [-0.1, -0.05) is 65.8 Å². The molecule has 0 N–H and O–H groups in total. The lowest BCUT2D eigenvalue weighted by atomic mass is 9.75. The Balaban J connectivity index is 1.70. The molecule has 2 heterocycles. The average molecular weight is 432 g/mol. The summed E-state index contributed by atoms with van der Waals surface area (Å²) in [6.07, 6.45) is 5.29. The highest BCUT2D eigenvalue weighted by Crippen LogP contribution is 2.49. The smallest absolute Gasteiger partial charge is 0.210 e. The van der Waals surface area contributed by atoms with E-state index in [4.69, 9.17) is 11.6 Å². The molecule has 0 saturated heterocycles. The SMILES string of the molecule is CN1/C(=C/C2=[N+](C)c3ccc4ccccc4c3C2(C)C/C=C/Cl)Sc2ccccc21.